The molecule has 2 aromatic rings. The van der Waals surface area contributed by atoms with Crippen LogP contribution < -0.4 is 10.1 Å². The van der Waals surface area contributed by atoms with Gasteiger partial charge in [-0.15, -0.1) is 0 Å². The summed E-state index contributed by atoms with van der Waals surface area (Å²) in [6, 6.07) is 16.0. The van der Waals surface area contributed by atoms with Gasteiger partial charge in [-0.2, -0.15) is 0 Å². The molecule has 1 N–H and O–H groups in total. The van der Waals surface area contributed by atoms with Crippen molar-refractivity contribution in [2.45, 2.75) is 50.9 Å². The number of rotatable bonds is 6. The fourth-order valence-corrected chi connectivity index (χ4v) is 4.67. The van der Waals surface area contributed by atoms with Crippen molar-refractivity contribution in [2.75, 3.05) is 13.1 Å². The molecule has 3 aliphatic heterocycles. The van der Waals surface area contributed by atoms with Crippen LogP contribution in [0.4, 0.5) is 4.79 Å². The van der Waals surface area contributed by atoms with Crippen LogP contribution in [0.25, 0.3) is 0 Å². The third kappa shape index (κ3) is 3.67. The summed E-state index contributed by atoms with van der Waals surface area (Å²) in [5, 5.41) is 3.49. The van der Waals surface area contributed by atoms with Gasteiger partial charge in [0.15, 0.2) is 0 Å². The summed E-state index contributed by atoms with van der Waals surface area (Å²) < 4.78 is 6.08. The van der Waals surface area contributed by atoms with Crippen molar-refractivity contribution in [2.24, 2.45) is 0 Å². The second-order valence-corrected chi connectivity index (χ2v) is 8.39. The first-order valence-electron chi connectivity index (χ1n) is 10.8. The fourth-order valence-electron chi connectivity index (χ4n) is 4.67. The number of hydrogen-bond donors (Lipinski definition) is 1. The lowest BCUT2D eigenvalue weighted by Crippen LogP contribution is -2.34. The Balaban J connectivity index is 1.11. The van der Waals surface area contributed by atoms with E-state index >= 15 is 0 Å². The molecular formula is C24H27N3O3. The summed E-state index contributed by atoms with van der Waals surface area (Å²) in [6.45, 7) is 2.63. The van der Waals surface area contributed by atoms with Gasteiger partial charge in [0, 0.05) is 19.6 Å². The lowest BCUT2D eigenvalue weighted by Gasteiger charge is -2.26. The van der Waals surface area contributed by atoms with Gasteiger partial charge in [-0.05, 0) is 48.4 Å². The number of carbonyl (C=O) groups is 2. The van der Waals surface area contributed by atoms with Crippen molar-refractivity contribution in [3.05, 3.63) is 65.2 Å². The number of imide groups is 1. The highest BCUT2D eigenvalue weighted by atomic mass is 16.5. The first-order valence-corrected chi connectivity index (χ1v) is 10.8. The fraction of sp³-hybridized carbons (Fsp3) is 0.417. The topological polar surface area (TPSA) is 61.9 Å². The number of aryl methyl sites for hydroxylation is 1. The minimum absolute atomic E-state index is 0.0442. The van der Waals surface area contributed by atoms with Crippen LogP contribution in [-0.4, -0.2) is 47.0 Å². The van der Waals surface area contributed by atoms with E-state index < -0.39 is 0 Å². The van der Waals surface area contributed by atoms with Gasteiger partial charge in [-0.1, -0.05) is 42.5 Å². The maximum atomic E-state index is 12.5. The molecule has 2 aromatic carbocycles. The minimum Gasteiger partial charge on any atom is -0.489 e. The molecule has 30 heavy (non-hydrogen) atoms. The molecule has 3 aliphatic rings. The van der Waals surface area contributed by atoms with Gasteiger partial charge in [-0.25, -0.2) is 4.79 Å². The molecule has 2 atom stereocenters. The van der Waals surface area contributed by atoms with Crippen LogP contribution in [-0.2, 0) is 24.3 Å². The van der Waals surface area contributed by atoms with Crippen molar-refractivity contribution >= 4 is 11.9 Å². The van der Waals surface area contributed by atoms with E-state index in [0.717, 1.165) is 50.1 Å². The maximum Gasteiger partial charge on any atom is 0.327 e. The highest BCUT2D eigenvalue weighted by Gasteiger charge is 2.47. The lowest BCUT2D eigenvalue weighted by molar-refractivity contribution is -0.128. The van der Waals surface area contributed by atoms with Crippen molar-refractivity contribution < 1.29 is 14.3 Å². The highest BCUT2D eigenvalue weighted by molar-refractivity contribution is 6.04. The lowest BCUT2D eigenvalue weighted by atomic mass is 10.0. The Hall–Kier alpha value is -2.86. The molecule has 3 heterocycles. The van der Waals surface area contributed by atoms with Crippen LogP contribution in [0.15, 0.2) is 48.5 Å². The summed E-state index contributed by atoms with van der Waals surface area (Å²) in [7, 11) is 0. The molecule has 2 unspecified atom stereocenters. The van der Waals surface area contributed by atoms with Gasteiger partial charge in [0.05, 0.1) is 6.54 Å². The van der Waals surface area contributed by atoms with Crippen molar-refractivity contribution in [1.29, 1.82) is 0 Å². The minimum atomic E-state index is -0.227. The molecule has 0 aliphatic carbocycles. The Morgan fingerprint density at radius 3 is 2.63 bits per heavy atom. The van der Waals surface area contributed by atoms with E-state index in [1.807, 2.05) is 24.3 Å². The highest BCUT2D eigenvalue weighted by Crippen LogP contribution is 2.29. The van der Waals surface area contributed by atoms with Gasteiger partial charge < -0.3 is 15.0 Å². The Morgan fingerprint density at radius 2 is 1.80 bits per heavy atom. The molecule has 6 heteroatoms. The van der Waals surface area contributed by atoms with Crippen LogP contribution in [0.1, 0.15) is 36.0 Å². The smallest absolute Gasteiger partial charge is 0.327 e. The van der Waals surface area contributed by atoms with E-state index in [1.165, 1.54) is 16.0 Å². The molecular weight excluding hydrogens is 378 g/mol. The normalized spacial score (nSPS) is 22.8. The van der Waals surface area contributed by atoms with Crippen LogP contribution in [0.3, 0.4) is 0 Å². The predicted molar refractivity (Wildman–Crippen MR) is 113 cm³/mol. The van der Waals surface area contributed by atoms with Crippen LogP contribution >= 0.6 is 0 Å². The molecule has 0 spiro atoms. The zero-order valence-corrected chi connectivity index (χ0v) is 17.0. The van der Waals surface area contributed by atoms with E-state index in [2.05, 4.69) is 29.6 Å². The molecule has 0 aromatic heterocycles. The Labute approximate surface area is 176 Å². The molecule has 5 rings (SSSR count). The molecule has 6 nitrogen and oxygen atoms in total. The van der Waals surface area contributed by atoms with E-state index in [1.54, 1.807) is 4.90 Å². The molecule has 2 saturated heterocycles. The number of benzene rings is 2. The zero-order valence-electron chi connectivity index (χ0n) is 17.0. The summed E-state index contributed by atoms with van der Waals surface area (Å²) >= 11 is 0. The van der Waals surface area contributed by atoms with E-state index in [0.29, 0.717) is 13.1 Å². The van der Waals surface area contributed by atoms with Gasteiger partial charge in [0.1, 0.15) is 17.9 Å². The van der Waals surface area contributed by atoms with E-state index in [4.69, 9.17) is 4.74 Å². The van der Waals surface area contributed by atoms with Gasteiger partial charge in [0.2, 0.25) is 0 Å². The molecule has 156 valence electrons. The molecule has 0 radical (unpaired) electrons. The van der Waals surface area contributed by atoms with Crippen molar-refractivity contribution in [1.82, 2.24) is 15.1 Å². The standard InChI is InChI=1S/C24H27N3O3/c28-23-21-5-3-13-26(21)24(29)27(23)16-18-9-7-17(8-10-18)14-25-15-20-12-11-19-4-1-2-6-22(19)30-20/h1-2,4,6-10,20-21,25H,3,5,11-16H2. The quantitative estimate of drug-likeness (QED) is 0.751. The van der Waals surface area contributed by atoms with Crippen molar-refractivity contribution in [3.8, 4) is 5.75 Å². The monoisotopic (exact) mass is 405 g/mol. The number of hydrogen-bond acceptors (Lipinski definition) is 4. The van der Waals surface area contributed by atoms with Gasteiger partial charge in [-0.3, -0.25) is 9.69 Å². The van der Waals surface area contributed by atoms with E-state index in [9.17, 15) is 9.59 Å². The summed E-state index contributed by atoms with van der Waals surface area (Å²) in [6.07, 6.45) is 4.00. The number of amides is 3. The number of nitrogens with one attached hydrogen (secondary N) is 1. The molecule has 0 bridgehead atoms. The summed E-state index contributed by atoms with van der Waals surface area (Å²) in [5.41, 5.74) is 3.45. The third-order valence-electron chi connectivity index (χ3n) is 6.35. The second-order valence-electron chi connectivity index (χ2n) is 8.39. The summed E-state index contributed by atoms with van der Waals surface area (Å²) in [4.78, 5) is 28.0. The maximum absolute atomic E-state index is 12.5. The number of fused-ring (bicyclic) bond motifs is 2. The van der Waals surface area contributed by atoms with Crippen LogP contribution in [0.2, 0.25) is 0 Å². The molecule has 3 amide bonds. The number of carbonyl (C=O) groups excluding carboxylic acids is 2. The SMILES string of the molecule is O=C1C2CCCN2C(=O)N1Cc1ccc(CNCC2CCc3ccccc3O2)cc1. The second kappa shape index (κ2) is 8.11. The van der Waals surface area contributed by atoms with Crippen LogP contribution in [0, 0.1) is 0 Å². The van der Waals surface area contributed by atoms with Gasteiger partial charge in [0.25, 0.3) is 5.91 Å². The van der Waals surface area contributed by atoms with Gasteiger partial charge >= 0.3 is 6.03 Å². The zero-order chi connectivity index (χ0) is 20.5. The van der Waals surface area contributed by atoms with Crippen LogP contribution in [0.5, 0.6) is 5.75 Å². The largest absolute Gasteiger partial charge is 0.489 e. The summed E-state index contributed by atoms with van der Waals surface area (Å²) in [5.74, 6) is 0.962. The number of urea groups is 1. The first-order chi connectivity index (χ1) is 14.7. The van der Waals surface area contributed by atoms with E-state index in [-0.39, 0.29) is 24.1 Å². The Morgan fingerprint density at radius 1 is 1.00 bits per heavy atom. The predicted octanol–water partition coefficient (Wildman–Crippen LogP) is 3.10. The molecule has 2 fully saturated rings. The third-order valence-corrected chi connectivity index (χ3v) is 6.35. The van der Waals surface area contributed by atoms with Crippen molar-refractivity contribution in [3.63, 3.8) is 0 Å². The number of nitrogens with zero attached hydrogens (tertiary/aromatic N) is 2. The average Bonchev–Trinajstić information content (AvgIpc) is 3.34. The molecule has 0 saturated carbocycles. The Bertz CT molecular complexity index is 921. The average molecular weight is 405 g/mol. The first kappa shape index (κ1) is 19.1. The number of ether oxygens (including phenoxy) is 1. The Kier molecular flexibility index (Phi) is 5.17. The number of para-hydroxylation sites is 1.